The van der Waals surface area contributed by atoms with Crippen LogP contribution in [0.1, 0.15) is 24.2 Å². The fourth-order valence-corrected chi connectivity index (χ4v) is 2.85. The van der Waals surface area contributed by atoms with Crippen molar-refractivity contribution in [3.8, 4) is 0 Å². The summed E-state index contributed by atoms with van der Waals surface area (Å²) >= 11 is 1.48. The van der Waals surface area contributed by atoms with Crippen molar-refractivity contribution in [1.29, 1.82) is 0 Å². The first-order valence-corrected chi connectivity index (χ1v) is 8.37. The normalized spacial score (nSPS) is 12.4. The summed E-state index contributed by atoms with van der Waals surface area (Å²) in [6.07, 6.45) is 1.84. The van der Waals surface area contributed by atoms with Crippen molar-refractivity contribution in [3.63, 3.8) is 0 Å². The van der Waals surface area contributed by atoms with Gasteiger partial charge >= 0.3 is 5.97 Å². The Hall–Kier alpha value is -1.12. The van der Waals surface area contributed by atoms with Crippen molar-refractivity contribution in [2.75, 3.05) is 12.8 Å². The highest BCUT2D eigenvalue weighted by Crippen LogP contribution is 2.21. The van der Waals surface area contributed by atoms with E-state index in [-0.39, 0.29) is 16.9 Å². The van der Waals surface area contributed by atoms with Crippen LogP contribution in [0.2, 0.25) is 0 Å². The van der Waals surface area contributed by atoms with Gasteiger partial charge < -0.3 is 5.11 Å². The number of sulfonamides is 1. The molecule has 1 rings (SSSR count). The van der Waals surface area contributed by atoms with Gasteiger partial charge in [-0.3, -0.25) is 0 Å². The highest BCUT2D eigenvalue weighted by molar-refractivity contribution is 8.00. The van der Waals surface area contributed by atoms with Crippen LogP contribution in [-0.4, -0.2) is 37.0 Å². The molecular formula is C12H16FNO4S2. The summed E-state index contributed by atoms with van der Waals surface area (Å²) in [6.45, 7) is 3.84. The molecule has 0 bridgehead atoms. The Bertz CT molecular complexity index is 614. The molecule has 0 aliphatic rings. The zero-order valence-corrected chi connectivity index (χ0v) is 12.9. The van der Waals surface area contributed by atoms with Gasteiger partial charge in [0.25, 0.3) is 0 Å². The van der Waals surface area contributed by atoms with Crippen LogP contribution in [0, 0.1) is 5.82 Å². The van der Waals surface area contributed by atoms with E-state index < -0.39 is 26.7 Å². The minimum absolute atomic E-state index is 0.136. The summed E-state index contributed by atoms with van der Waals surface area (Å²) in [5.74, 6) is -2.40. The van der Waals surface area contributed by atoms with Gasteiger partial charge in [-0.1, -0.05) is 0 Å². The fourth-order valence-electron chi connectivity index (χ4n) is 1.27. The first-order valence-electron chi connectivity index (χ1n) is 5.67. The van der Waals surface area contributed by atoms with Crippen LogP contribution in [-0.2, 0) is 10.0 Å². The number of rotatable bonds is 6. The lowest BCUT2D eigenvalue weighted by atomic mass is 10.2. The van der Waals surface area contributed by atoms with Gasteiger partial charge in [0.1, 0.15) is 10.7 Å². The van der Waals surface area contributed by atoms with Crippen LogP contribution >= 0.6 is 11.8 Å². The molecule has 1 aromatic carbocycles. The SMILES string of the molecule is CSC(C)(C)CNS(=O)(=O)c1ccc(C(=O)O)cc1F. The molecule has 5 nitrogen and oxygen atoms in total. The lowest BCUT2D eigenvalue weighted by Crippen LogP contribution is -2.36. The van der Waals surface area contributed by atoms with E-state index in [9.17, 15) is 17.6 Å². The van der Waals surface area contributed by atoms with E-state index in [1.165, 1.54) is 11.8 Å². The summed E-state index contributed by atoms with van der Waals surface area (Å²) in [5, 5.41) is 8.71. The van der Waals surface area contributed by atoms with Crippen LogP contribution in [0.3, 0.4) is 0 Å². The van der Waals surface area contributed by atoms with Crippen LogP contribution in [0.15, 0.2) is 23.1 Å². The van der Waals surface area contributed by atoms with Gasteiger partial charge in [-0.2, -0.15) is 11.8 Å². The van der Waals surface area contributed by atoms with Crippen molar-refractivity contribution in [2.45, 2.75) is 23.5 Å². The first-order chi connectivity index (χ1) is 9.09. The van der Waals surface area contributed by atoms with E-state index in [0.29, 0.717) is 6.07 Å². The molecule has 0 unspecified atom stereocenters. The molecule has 0 atom stereocenters. The molecule has 1 aromatic rings. The Morgan fingerprint density at radius 3 is 2.50 bits per heavy atom. The Morgan fingerprint density at radius 2 is 2.05 bits per heavy atom. The van der Waals surface area contributed by atoms with Crippen LogP contribution in [0.4, 0.5) is 4.39 Å². The Balaban J connectivity index is 3.02. The zero-order chi connectivity index (χ0) is 15.6. The van der Waals surface area contributed by atoms with Gasteiger partial charge in [-0.25, -0.2) is 22.3 Å². The standard InChI is InChI=1S/C12H16FNO4S2/c1-12(2,19-3)7-14-20(17,18)10-5-4-8(11(15)16)6-9(10)13/h4-6,14H,7H2,1-3H3,(H,15,16). The van der Waals surface area contributed by atoms with Gasteiger partial charge in [0.15, 0.2) is 0 Å². The van der Waals surface area contributed by atoms with Crippen molar-refractivity contribution in [2.24, 2.45) is 0 Å². The molecule has 2 N–H and O–H groups in total. The Morgan fingerprint density at radius 1 is 1.45 bits per heavy atom. The quantitative estimate of drug-likeness (QED) is 0.836. The zero-order valence-electron chi connectivity index (χ0n) is 11.3. The Kier molecular flexibility index (Phi) is 5.17. The number of benzene rings is 1. The Labute approximate surface area is 121 Å². The summed E-state index contributed by atoms with van der Waals surface area (Å²) in [7, 11) is -4.01. The molecule has 20 heavy (non-hydrogen) atoms. The average molecular weight is 321 g/mol. The maximum Gasteiger partial charge on any atom is 0.335 e. The maximum absolute atomic E-state index is 13.7. The van der Waals surface area contributed by atoms with E-state index in [4.69, 9.17) is 5.11 Å². The number of halogens is 1. The van der Waals surface area contributed by atoms with Crippen LogP contribution < -0.4 is 4.72 Å². The molecule has 0 saturated heterocycles. The number of thioether (sulfide) groups is 1. The highest BCUT2D eigenvalue weighted by atomic mass is 32.2. The van der Waals surface area contributed by atoms with Crippen molar-refractivity contribution in [3.05, 3.63) is 29.6 Å². The van der Waals surface area contributed by atoms with Crippen molar-refractivity contribution in [1.82, 2.24) is 4.72 Å². The molecule has 0 heterocycles. The molecule has 8 heteroatoms. The van der Waals surface area contributed by atoms with Gasteiger partial charge in [0.2, 0.25) is 10.0 Å². The number of nitrogens with one attached hydrogen (secondary N) is 1. The second-order valence-corrected chi connectivity index (χ2v) is 7.99. The first kappa shape index (κ1) is 16.9. The number of aromatic carboxylic acids is 1. The van der Waals surface area contributed by atoms with Crippen molar-refractivity contribution >= 4 is 27.8 Å². The minimum atomic E-state index is -4.01. The predicted molar refractivity (Wildman–Crippen MR) is 76.1 cm³/mol. The number of hydrogen-bond acceptors (Lipinski definition) is 4. The van der Waals surface area contributed by atoms with E-state index in [0.717, 1.165) is 12.1 Å². The molecule has 112 valence electrons. The summed E-state index contributed by atoms with van der Waals surface area (Å²) < 4.78 is 39.7. The third-order valence-corrected chi connectivity index (χ3v) is 5.39. The molecule has 0 radical (unpaired) electrons. The molecule has 0 saturated carbocycles. The molecule has 0 aliphatic carbocycles. The minimum Gasteiger partial charge on any atom is -0.478 e. The van der Waals surface area contributed by atoms with Crippen LogP contribution in [0.25, 0.3) is 0 Å². The maximum atomic E-state index is 13.7. The molecule has 0 spiro atoms. The second-order valence-electron chi connectivity index (χ2n) is 4.74. The van der Waals surface area contributed by atoms with E-state index in [1.807, 2.05) is 20.1 Å². The van der Waals surface area contributed by atoms with Gasteiger partial charge in [0, 0.05) is 11.3 Å². The van der Waals surface area contributed by atoms with E-state index >= 15 is 0 Å². The molecule has 0 amide bonds. The number of carboxylic acids is 1. The third-order valence-electron chi connectivity index (χ3n) is 2.71. The summed E-state index contributed by atoms with van der Waals surface area (Å²) in [6, 6.07) is 2.70. The predicted octanol–water partition coefficient (Wildman–Crippen LogP) is 1.94. The second kappa shape index (κ2) is 6.11. The molecule has 0 aliphatic heterocycles. The van der Waals surface area contributed by atoms with Crippen LogP contribution in [0.5, 0.6) is 0 Å². The van der Waals surface area contributed by atoms with Gasteiger partial charge in [0.05, 0.1) is 5.56 Å². The van der Waals surface area contributed by atoms with Gasteiger partial charge in [-0.05, 0) is 38.3 Å². The highest BCUT2D eigenvalue weighted by Gasteiger charge is 2.24. The number of hydrogen-bond donors (Lipinski definition) is 2. The summed E-state index contributed by atoms with van der Waals surface area (Å²) in [4.78, 5) is 10.1. The number of carbonyl (C=O) groups is 1. The molecule has 0 fully saturated rings. The van der Waals surface area contributed by atoms with E-state index in [2.05, 4.69) is 4.72 Å². The fraction of sp³-hybridized carbons (Fsp3) is 0.417. The number of carboxylic acid groups (broad SMARTS) is 1. The lowest BCUT2D eigenvalue weighted by Gasteiger charge is -2.22. The van der Waals surface area contributed by atoms with E-state index in [1.54, 1.807) is 0 Å². The smallest absolute Gasteiger partial charge is 0.335 e. The average Bonchev–Trinajstić information content (AvgIpc) is 2.36. The lowest BCUT2D eigenvalue weighted by molar-refractivity contribution is 0.0696. The van der Waals surface area contributed by atoms with Gasteiger partial charge in [-0.15, -0.1) is 0 Å². The third kappa shape index (κ3) is 4.19. The topological polar surface area (TPSA) is 83.5 Å². The molecule has 0 aromatic heterocycles. The summed E-state index contributed by atoms with van der Waals surface area (Å²) in [5.41, 5.74) is -0.300. The largest absolute Gasteiger partial charge is 0.478 e. The monoisotopic (exact) mass is 321 g/mol. The van der Waals surface area contributed by atoms with Crippen molar-refractivity contribution < 1.29 is 22.7 Å². The molecular weight excluding hydrogens is 305 g/mol.